The number of aromatic nitrogens is 1. The van der Waals surface area contributed by atoms with Crippen LogP contribution in [0, 0.1) is 0 Å². The molecule has 1 aromatic carbocycles. The number of benzene rings is 1. The molecule has 33 heavy (non-hydrogen) atoms. The van der Waals surface area contributed by atoms with E-state index in [1.807, 2.05) is 4.90 Å². The van der Waals surface area contributed by atoms with E-state index in [0.29, 0.717) is 0 Å². The summed E-state index contributed by atoms with van der Waals surface area (Å²) in [6.45, 7) is 5.63. The van der Waals surface area contributed by atoms with E-state index in [4.69, 9.17) is 0 Å². The number of amides is 2. The molecule has 3 atom stereocenters. The Morgan fingerprint density at radius 3 is 2.61 bits per heavy atom. The molecule has 3 aliphatic heterocycles. The van der Waals surface area contributed by atoms with E-state index < -0.39 is 0 Å². The summed E-state index contributed by atoms with van der Waals surface area (Å²) in [4.78, 5) is 30.8. The van der Waals surface area contributed by atoms with Gasteiger partial charge in [0.05, 0.1) is 6.04 Å². The highest BCUT2D eigenvalue weighted by atomic mass is 16.2. The van der Waals surface area contributed by atoms with E-state index in [0.717, 1.165) is 84.0 Å². The minimum Gasteiger partial charge on any atom is -0.345 e. The lowest BCUT2D eigenvalue weighted by Crippen LogP contribution is -2.54. The SMILES string of the molecule is CCn1c(CC[C@@H]2CCCN2C(=O)[C@H]2CCCN2C(=O)C2CCCCN2)cc2ccccc21. The van der Waals surface area contributed by atoms with Crippen LogP contribution in [0.4, 0.5) is 0 Å². The topological polar surface area (TPSA) is 57.6 Å². The highest BCUT2D eigenvalue weighted by Gasteiger charge is 2.41. The van der Waals surface area contributed by atoms with Gasteiger partial charge in [0.2, 0.25) is 11.8 Å². The molecule has 6 heteroatoms. The van der Waals surface area contributed by atoms with Gasteiger partial charge in [-0.15, -0.1) is 0 Å². The number of aryl methyl sites for hydroxylation is 2. The normalized spacial score (nSPS) is 25.8. The first-order valence-corrected chi connectivity index (χ1v) is 13.1. The zero-order valence-corrected chi connectivity index (χ0v) is 20.0. The minimum atomic E-state index is -0.260. The molecule has 3 aliphatic rings. The van der Waals surface area contributed by atoms with E-state index in [-0.39, 0.29) is 29.9 Å². The highest BCUT2D eigenvalue weighted by molar-refractivity contribution is 5.90. The smallest absolute Gasteiger partial charge is 0.245 e. The van der Waals surface area contributed by atoms with Gasteiger partial charge in [0.1, 0.15) is 6.04 Å². The molecule has 2 aromatic rings. The van der Waals surface area contributed by atoms with Crippen LogP contribution >= 0.6 is 0 Å². The van der Waals surface area contributed by atoms with Crippen LogP contribution < -0.4 is 5.32 Å². The molecular weight excluding hydrogens is 412 g/mol. The van der Waals surface area contributed by atoms with Crippen molar-refractivity contribution in [1.82, 2.24) is 19.7 Å². The predicted molar refractivity (Wildman–Crippen MR) is 131 cm³/mol. The number of nitrogens with one attached hydrogen (secondary N) is 1. The van der Waals surface area contributed by atoms with Crippen molar-refractivity contribution in [2.24, 2.45) is 0 Å². The zero-order valence-electron chi connectivity index (χ0n) is 20.0. The lowest BCUT2D eigenvalue weighted by atomic mass is 10.0. The Hall–Kier alpha value is -2.34. The molecule has 6 nitrogen and oxygen atoms in total. The lowest BCUT2D eigenvalue weighted by Gasteiger charge is -2.34. The van der Waals surface area contributed by atoms with E-state index in [1.54, 1.807) is 0 Å². The van der Waals surface area contributed by atoms with Crippen molar-refractivity contribution in [3.8, 4) is 0 Å². The van der Waals surface area contributed by atoms with Gasteiger partial charge < -0.3 is 19.7 Å². The molecule has 2 amide bonds. The van der Waals surface area contributed by atoms with Crippen LogP contribution in [0.3, 0.4) is 0 Å². The summed E-state index contributed by atoms with van der Waals surface area (Å²) < 4.78 is 2.41. The molecule has 178 valence electrons. The number of hydrogen-bond donors (Lipinski definition) is 1. The van der Waals surface area contributed by atoms with Gasteiger partial charge in [0.25, 0.3) is 0 Å². The third-order valence-electron chi connectivity index (χ3n) is 8.04. The van der Waals surface area contributed by atoms with Crippen molar-refractivity contribution in [3.63, 3.8) is 0 Å². The van der Waals surface area contributed by atoms with Crippen molar-refractivity contribution in [2.45, 2.75) is 89.4 Å². The predicted octanol–water partition coefficient (Wildman–Crippen LogP) is 3.72. The maximum Gasteiger partial charge on any atom is 0.245 e. The van der Waals surface area contributed by atoms with Crippen LogP contribution in [0.25, 0.3) is 10.9 Å². The monoisotopic (exact) mass is 450 g/mol. The van der Waals surface area contributed by atoms with Crippen molar-refractivity contribution < 1.29 is 9.59 Å². The molecule has 0 aliphatic carbocycles. The van der Waals surface area contributed by atoms with Crippen molar-refractivity contribution in [3.05, 3.63) is 36.0 Å². The number of carbonyl (C=O) groups is 2. The standard InChI is InChI=1S/C27H38N4O2/c1-2-29-22(19-20-9-3-4-12-24(20)29)15-14-21-10-7-17-30(21)27(33)25-13-8-18-31(25)26(32)23-11-5-6-16-28-23/h3-4,9,12,19,21,23,25,28H,2,5-8,10-11,13-18H2,1H3/t21-,23?,25+/m0/s1. The second-order valence-electron chi connectivity index (χ2n) is 10.00. The first-order valence-electron chi connectivity index (χ1n) is 13.1. The van der Waals surface area contributed by atoms with Crippen LogP contribution in [0.2, 0.25) is 0 Å². The Bertz CT molecular complexity index is 993. The molecule has 5 rings (SSSR count). The Morgan fingerprint density at radius 2 is 1.79 bits per heavy atom. The number of hydrogen-bond acceptors (Lipinski definition) is 3. The van der Waals surface area contributed by atoms with Gasteiger partial charge >= 0.3 is 0 Å². The molecule has 1 aromatic heterocycles. The number of piperidine rings is 1. The van der Waals surface area contributed by atoms with Crippen LogP contribution in [-0.2, 0) is 22.6 Å². The van der Waals surface area contributed by atoms with Gasteiger partial charge in [-0.25, -0.2) is 0 Å². The fourth-order valence-electron chi connectivity index (χ4n) is 6.33. The number of likely N-dealkylation sites (tertiary alicyclic amines) is 2. The van der Waals surface area contributed by atoms with Gasteiger partial charge in [-0.2, -0.15) is 0 Å². The van der Waals surface area contributed by atoms with Gasteiger partial charge in [0, 0.05) is 36.9 Å². The number of para-hydroxylation sites is 1. The largest absolute Gasteiger partial charge is 0.345 e. The maximum absolute atomic E-state index is 13.6. The number of rotatable bonds is 6. The minimum absolute atomic E-state index is 0.0995. The molecule has 1 N–H and O–H groups in total. The molecule has 4 heterocycles. The Labute approximate surface area is 197 Å². The lowest BCUT2D eigenvalue weighted by molar-refractivity contribution is -0.145. The summed E-state index contributed by atoms with van der Waals surface area (Å²) >= 11 is 0. The summed E-state index contributed by atoms with van der Waals surface area (Å²) in [6, 6.07) is 10.8. The zero-order chi connectivity index (χ0) is 22.8. The Morgan fingerprint density at radius 1 is 0.970 bits per heavy atom. The summed E-state index contributed by atoms with van der Waals surface area (Å²) in [6.07, 6.45) is 8.99. The van der Waals surface area contributed by atoms with Gasteiger partial charge in [-0.1, -0.05) is 24.6 Å². The molecular formula is C27H38N4O2. The van der Waals surface area contributed by atoms with Crippen molar-refractivity contribution in [1.29, 1.82) is 0 Å². The quantitative estimate of drug-likeness (QED) is 0.730. The van der Waals surface area contributed by atoms with E-state index >= 15 is 0 Å². The van der Waals surface area contributed by atoms with Crippen LogP contribution in [0.5, 0.6) is 0 Å². The molecule has 0 radical (unpaired) electrons. The summed E-state index contributed by atoms with van der Waals surface area (Å²) in [5, 5.41) is 4.67. The fourth-order valence-corrected chi connectivity index (χ4v) is 6.33. The average molecular weight is 451 g/mol. The third-order valence-corrected chi connectivity index (χ3v) is 8.04. The molecule has 0 bridgehead atoms. The van der Waals surface area contributed by atoms with Crippen LogP contribution in [0.15, 0.2) is 30.3 Å². The fraction of sp³-hybridized carbons (Fsp3) is 0.630. The first-order chi connectivity index (χ1) is 16.2. The van der Waals surface area contributed by atoms with Crippen molar-refractivity contribution >= 4 is 22.7 Å². The van der Waals surface area contributed by atoms with Crippen molar-refractivity contribution in [2.75, 3.05) is 19.6 Å². The molecule has 0 spiro atoms. The molecule has 1 unspecified atom stereocenters. The average Bonchev–Trinajstić information content (AvgIpc) is 3.60. The second kappa shape index (κ2) is 9.88. The Kier molecular flexibility index (Phi) is 6.72. The van der Waals surface area contributed by atoms with E-state index in [2.05, 4.69) is 52.0 Å². The highest BCUT2D eigenvalue weighted by Crippen LogP contribution is 2.29. The van der Waals surface area contributed by atoms with Gasteiger partial charge in [-0.3, -0.25) is 9.59 Å². The Balaban J connectivity index is 1.25. The summed E-state index contributed by atoms with van der Waals surface area (Å²) in [5.41, 5.74) is 2.66. The maximum atomic E-state index is 13.6. The van der Waals surface area contributed by atoms with E-state index in [1.165, 1.54) is 16.6 Å². The van der Waals surface area contributed by atoms with E-state index in [9.17, 15) is 9.59 Å². The van der Waals surface area contributed by atoms with Crippen LogP contribution in [0.1, 0.15) is 64.0 Å². The molecule has 0 saturated carbocycles. The first kappa shape index (κ1) is 22.5. The summed E-state index contributed by atoms with van der Waals surface area (Å²) in [7, 11) is 0. The molecule has 3 saturated heterocycles. The number of fused-ring (bicyclic) bond motifs is 1. The summed E-state index contributed by atoms with van der Waals surface area (Å²) in [5.74, 6) is 0.337. The number of nitrogens with zero attached hydrogens (tertiary/aromatic N) is 3. The number of carbonyl (C=O) groups excluding carboxylic acids is 2. The van der Waals surface area contributed by atoms with Gasteiger partial charge in [-0.05, 0) is 82.4 Å². The van der Waals surface area contributed by atoms with Crippen LogP contribution in [-0.4, -0.2) is 63.9 Å². The third kappa shape index (κ3) is 4.42. The van der Waals surface area contributed by atoms with Gasteiger partial charge in [0.15, 0.2) is 0 Å². The second-order valence-corrected chi connectivity index (χ2v) is 10.00. The molecule has 3 fully saturated rings.